The van der Waals surface area contributed by atoms with Gasteiger partial charge in [0.05, 0.1) is 22.1 Å². The van der Waals surface area contributed by atoms with Gasteiger partial charge < -0.3 is 9.13 Å². The van der Waals surface area contributed by atoms with E-state index < -0.39 is 0 Å². The highest BCUT2D eigenvalue weighted by molar-refractivity contribution is 6.12. The lowest BCUT2D eigenvalue weighted by Crippen LogP contribution is -2.14. The fourth-order valence-electron chi connectivity index (χ4n) is 9.98. The molecule has 0 aliphatic heterocycles. The van der Waals surface area contributed by atoms with Gasteiger partial charge in [-0.15, -0.1) is 0 Å². The van der Waals surface area contributed by atoms with E-state index in [2.05, 4.69) is 229 Å². The van der Waals surface area contributed by atoms with Crippen LogP contribution in [0, 0.1) is 0 Å². The Morgan fingerprint density at radius 1 is 0.288 bits per heavy atom. The smallest absolute Gasteiger partial charge is 0.0541 e. The van der Waals surface area contributed by atoms with Crippen molar-refractivity contribution in [1.82, 2.24) is 9.13 Å². The van der Waals surface area contributed by atoms with Gasteiger partial charge in [-0.25, -0.2) is 0 Å². The highest BCUT2D eigenvalue weighted by Crippen LogP contribution is 2.49. The molecule has 9 aromatic carbocycles. The van der Waals surface area contributed by atoms with Crippen molar-refractivity contribution in [2.24, 2.45) is 0 Å². The summed E-state index contributed by atoms with van der Waals surface area (Å²) in [5.41, 5.74) is 20.0. The molecule has 0 fully saturated rings. The van der Waals surface area contributed by atoms with Gasteiger partial charge in [0.25, 0.3) is 0 Å². The summed E-state index contributed by atoms with van der Waals surface area (Å²) in [6.07, 6.45) is 0. The van der Waals surface area contributed by atoms with Crippen molar-refractivity contribution < 1.29 is 0 Å². The number of fused-ring (bicyclic) bond motifs is 9. The van der Waals surface area contributed by atoms with Crippen LogP contribution in [0.4, 0.5) is 0 Å². The predicted octanol–water partition coefficient (Wildman–Crippen LogP) is 15.2. The zero-order valence-electron chi connectivity index (χ0n) is 33.0. The average molecular weight is 753 g/mol. The van der Waals surface area contributed by atoms with Crippen LogP contribution in [-0.2, 0) is 5.41 Å². The molecule has 59 heavy (non-hydrogen) atoms. The van der Waals surface area contributed by atoms with Crippen LogP contribution in [-0.4, -0.2) is 9.13 Å². The Kier molecular flexibility index (Phi) is 7.31. The second-order valence-electron chi connectivity index (χ2n) is 16.6. The lowest BCUT2D eigenvalue weighted by molar-refractivity contribution is 0.660. The summed E-state index contributed by atoms with van der Waals surface area (Å²) in [4.78, 5) is 0. The number of hydrogen-bond acceptors (Lipinski definition) is 0. The number of rotatable bonds is 5. The van der Waals surface area contributed by atoms with Crippen LogP contribution < -0.4 is 0 Å². The monoisotopic (exact) mass is 752 g/mol. The van der Waals surface area contributed by atoms with Gasteiger partial charge in [-0.2, -0.15) is 0 Å². The third-order valence-corrected chi connectivity index (χ3v) is 13.0. The maximum atomic E-state index is 2.42. The maximum Gasteiger partial charge on any atom is 0.0541 e. The molecule has 0 amide bonds. The van der Waals surface area contributed by atoms with E-state index in [1.165, 1.54) is 99.2 Å². The Morgan fingerprint density at radius 2 is 0.695 bits per heavy atom. The molecule has 0 saturated carbocycles. The van der Waals surface area contributed by atoms with Crippen LogP contribution in [0.25, 0.3) is 99.5 Å². The summed E-state index contributed by atoms with van der Waals surface area (Å²) in [7, 11) is 0. The summed E-state index contributed by atoms with van der Waals surface area (Å²) < 4.78 is 4.82. The molecule has 0 N–H and O–H groups in total. The number of aromatic nitrogens is 2. The maximum absolute atomic E-state index is 2.42. The van der Waals surface area contributed by atoms with Crippen molar-refractivity contribution in [3.63, 3.8) is 0 Å². The van der Waals surface area contributed by atoms with Crippen LogP contribution >= 0.6 is 0 Å². The molecule has 0 radical (unpaired) electrons. The fourth-order valence-corrected chi connectivity index (χ4v) is 9.98. The van der Waals surface area contributed by atoms with Crippen molar-refractivity contribution in [3.05, 3.63) is 217 Å². The molecule has 0 unspecified atom stereocenters. The molecular formula is C57H40N2. The van der Waals surface area contributed by atoms with Crippen LogP contribution in [0.15, 0.2) is 206 Å². The first-order chi connectivity index (χ1) is 29.0. The quantitative estimate of drug-likeness (QED) is 0.166. The predicted molar refractivity (Wildman–Crippen MR) is 249 cm³/mol. The van der Waals surface area contributed by atoms with E-state index in [-0.39, 0.29) is 5.41 Å². The fraction of sp³-hybridized carbons (Fsp3) is 0.0526. The molecule has 0 spiro atoms. The molecule has 1 aliphatic carbocycles. The average Bonchev–Trinajstić information content (AvgIpc) is 3.89. The Morgan fingerprint density at radius 3 is 1.29 bits per heavy atom. The Hall–Kier alpha value is -7.42. The van der Waals surface area contributed by atoms with Gasteiger partial charge in [0.1, 0.15) is 0 Å². The molecule has 0 atom stereocenters. The molecule has 0 saturated heterocycles. The van der Waals surface area contributed by atoms with Crippen LogP contribution in [0.1, 0.15) is 25.0 Å². The van der Waals surface area contributed by atoms with Gasteiger partial charge in [-0.1, -0.05) is 153 Å². The van der Waals surface area contributed by atoms with Crippen molar-refractivity contribution in [2.75, 3.05) is 0 Å². The minimum Gasteiger partial charge on any atom is -0.309 e. The first-order valence-electron chi connectivity index (χ1n) is 20.6. The van der Waals surface area contributed by atoms with E-state index in [0.717, 1.165) is 11.4 Å². The van der Waals surface area contributed by atoms with Crippen LogP contribution in [0.3, 0.4) is 0 Å². The molecule has 2 heterocycles. The van der Waals surface area contributed by atoms with Crippen LogP contribution in [0.2, 0.25) is 0 Å². The third-order valence-electron chi connectivity index (χ3n) is 13.0. The lowest BCUT2D eigenvalue weighted by atomic mass is 9.81. The van der Waals surface area contributed by atoms with Gasteiger partial charge in [-0.3, -0.25) is 0 Å². The number of para-hydroxylation sites is 2. The van der Waals surface area contributed by atoms with Gasteiger partial charge in [0.15, 0.2) is 0 Å². The number of nitrogens with zero attached hydrogens (tertiary/aromatic N) is 2. The van der Waals surface area contributed by atoms with Gasteiger partial charge in [-0.05, 0) is 122 Å². The normalized spacial score (nSPS) is 13.1. The topological polar surface area (TPSA) is 9.86 Å². The molecule has 12 rings (SSSR count). The van der Waals surface area contributed by atoms with E-state index in [4.69, 9.17) is 0 Å². The minimum absolute atomic E-state index is 0.0236. The van der Waals surface area contributed by atoms with Gasteiger partial charge in [0.2, 0.25) is 0 Å². The van der Waals surface area contributed by atoms with Gasteiger partial charge >= 0.3 is 0 Å². The Balaban J connectivity index is 0.920. The van der Waals surface area contributed by atoms with E-state index >= 15 is 0 Å². The summed E-state index contributed by atoms with van der Waals surface area (Å²) in [6, 6.07) is 76.0. The van der Waals surface area contributed by atoms with Crippen molar-refractivity contribution in [3.8, 4) is 55.9 Å². The van der Waals surface area contributed by atoms with Gasteiger partial charge in [0, 0.05) is 38.3 Å². The molecule has 0 bridgehead atoms. The van der Waals surface area contributed by atoms with Crippen molar-refractivity contribution in [1.29, 1.82) is 0 Å². The largest absolute Gasteiger partial charge is 0.309 e. The highest BCUT2D eigenvalue weighted by Gasteiger charge is 2.35. The molecule has 2 heteroatoms. The standard InChI is InChI=1S/C57H40N2/c1-57(2)51-17-9-6-14-45(51)46-31-24-42(36-52(46)57)39-22-29-44(30-23-39)59-54-19-11-8-16-48(54)50-35-41(26-33-56(50)59)40-25-32-55-49(34-40)47-15-7-10-18-53(47)58(55)43-27-20-38(21-28-43)37-12-4-3-5-13-37/h3-36H,1-2H3. The van der Waals surface area contributed by atoms with Crippen molar-refractivity contribution in [2.45, 2.75) is 19.3 Å². The first kappa shape index (κ1) is 33.7. The zero-order chi connectivity index (χ0) is 39.2. The minimum atomic E-state index is -0.0236. The molecule has 2 aromatic heterocycles. The molecule has 11 aromatic rings. The van der Waals surface area contributed by atoms with E-state index in [1.807, 2.05) is 0 Å². The number of benzene rings is 9. The highest BCUT2D eigenvalue weighted by atomic mass is 15.0. The summed E-state index contributed by atoms with van der Waals surface area (Å²) in [5, 5.41) is 5.02. The zero-order valence-corrected chi connectivity index (χ0v) is 33.0. The molecule has 278 valence electrons. The lowest BCUT2D eigenvalue weighted by Gasteiger charge is -2.22. The first-order valence-corrected chi connectivity index (χ1v) is 20.6. The van der Waals surface area contributed by atoms with Crippen LogP contribution in [0.5, 0.6) is 0 Å². The van der Waals surface area contributed by atoms with E-state index in [9.17, 15) is 0 Å². The molecular weight excluding hydrogens is 713 g/mol. The second-order valence-corrected chi connectivity index (χ2v) is 16.6. The third kappa shape index (κ3) is 5.13. The number of hydrogen-bond donors (Lipinski definition) is 0. The summed E-state index contributed by atoms with van der Waals surface area (Å²) in [6.45, 7) is 4.70. The Labute approximate surface area is 343 Å². The summed E-state index contributed by atoms with van der Waals surface area (Å²) >= 11 is 0. The Bertz CT molecular complexity index is 3430. The molecule has 1 aliphatic rings. The molecule has 2 nitrogen and oxygen atoms in total. The van der Waals surface area contributed by atoms with Crippen molar-refractivity contribution >= 4 is 43.6 Å². The van der Waals surface area contributed by atoms with E-state index in [0.29, 0.717) is 0 Å². The van der Waals surface area contributed by atoms with E-state index in [1.54, 1.807) is 0 Å². The second kappa shape index (κ2) is 12.8. The summed E-state index contributed by atoms with van der Waals surface area (Å²) in [5.74, 6) is 0. The SMILES string of the molecule is CC1(C)c2ccccc2-c2ccc(-c3ccc(-n4c5ccccc5c5cc(-c6ccc7c(c6)c6ccccc6n7-c6ccc(-c7ccccc7)cc6)ccc54)cc3)cc21.